The van der Waals surface area contributed by atoms with Gasteiger partial charge in [-0.2, -0.15) is 0 Å². The summed E-state index contributed by atoms with van der Waals surface area (Å²) in [5.74, 6) is 0.497. The number of hydrogen-bond donors (Lipinski definition) is 0. The maximum atomic E-state index is 13.0. The Balaban J connectivity index is 1.21. The molecule has 5 nitrogen and oxygen atoms in total. The smallest absolute Gasteiger partial charge is 0.225 e. The Kier molecular flexibility index (Phi) is 6.62. The second kappa shape index (κ2) is 9.55. The van der Waals surface area contributed by atoms with Gasteiger partial charge in [-0.25, -0.2) is 0 Å². The molecule has 0 unspecified atom stereocenters. The molecule has 0 bridgehead atoms. The van der Waals surface area contributed by atoms with Crippen LogP contribution in [-0.2, 0) is 11.2 Å². The molecule has 1 aromatic heterocycles. The fourth-order valence-electron chi connectivity index (χ4n) is 4.32. The Morgan fingerprint density at radius 2 is 1.72 bits per heavy atom. The number of carbonyl (C=O) groups is 2. The van der Waals surface area contributed by atoms with E-state index in [4.69, 9.17) is 0 Å². The number of hydrogen-bond acceptors (Lipinski definition) is 5. The number of nitrogens with zero attached hydrogens (tertiary/aromatic N) is 3. The lowest BCUT2D eigenvalue weighted by atomic mass is 9.94. The predicted molar refractivity (Wildman–Crippen MR) is 118 cm³/mol. The van der Waals surface area contributed by atoms with Crippen LogP contribution in [-0.4, -0.2) is 67.8 Å². The summed E-state index contributed by atoms with van der Waals surface area (Å²) in [5.41, 5.74) is 1.84. The fourth-order valence-corrected chi connectivity index (χ4v) is 5.02. The molecule has 2 aromatic rings. The van der Waals surface area contributed by atoms with Crippen LogP contribution < -0.4 is 4.90 Å². The fraction of sp³-hybridized carbons (Fsp3) is 0.478. The summed E-state index contributed by atoms with van der Waals surface area (Å²) >= 11 is 1.83. The van der Waals surface area contributed by atoms with E-state index in [1.165, 1.54) is 4.88 Å². The standard InChI is InChI=1S/C23H29N3O2S/c27-18-19-3-5-21(6-4-19)25-11-7-20(8-12-25)23(28)26-15-13-24(14-16-26)10-9-22-2-1-17-29-22/h1-6,17-18,20H,7-16H2. The Morgan fingerprint density at radius 3 is 2.34 bits per heavy atom. The molecule has 2 fully saturated rings. The minimum atomic E-state index is 0.151. The van der Waals surface area contributed by atoms with Gasteiger partial charge in [0.2, 0.25) is 5.91 Å². The van der Waals surface area contributed by atoms with E-state index in [0.717, 1.165) is 77.0 Å². The van der Waals surface area contributed by atoms with Gasteiger partial charge in [0.15, 0.2) is 0 Å². The molecule has 0 N–H and O–H groups in total. The number of anilines is 1. The van der Waals surface area contributed by atoms with Gasteiger partial charge in [-0.1, -0.05) is 6.07 Å². The van der Waals surface area contributed by atoms with Crippen molar-refractivity contribution in [2.75, 3.05) is 50.7 Å². The summed E-state index contributed by atoms with van der Waals surface area (Å²) < 4.78 is 0. The number of piperazine rings is 1. The highest BCUT2D eigenvalue weighted by atomic mass is 32.1. The van der Waals surface area contributed by atoms with Gasteiger partial charge < -0.3 is 9.80 Å². The second-order valence-corrected chi connectivity index (χ2v) is 9.00. The molecule has 2 saturated heterocycles. The maximum Gasteiger partial charge on any atom is 0.225 e. The average Bonchev–Trinajstić information content (AvgIpc) is 3.31. The first kappa shape index (κ1) is 20.1. The molecule has 154 valence electrons. The van der Waals surface area contributed by atoms with Crippen LogP contribution in [0.4, 0.5) is 5.69 Å². The van der Waals surface area contributed by atoms with Crippen LogP contribution in [0.1, 0.15) is 28.1 Å². The van der Waals surface area contributed by atoms with E-state index < -0.39 is 0 Å². The third kappa shape index (κ3) is 5.06. The largest absolute Gasteiger partial charge is 0.371 e. The van der Waals surface area contributed by atoms with Gasteiger partial charge in [-0.15, -0.1) is 11.3 Å². The van der Waals surface area contributed by atoms with Gasteiger partial charge in [-0.3, -0.25) is 14.5 Å². The van der Waals surface area contributed by atoms with Crippen LogP contribution in [0.3, 0.4) is 0 Å². The van der Waals surface area contributed by atoms with Crippen molar-refractivity contribution in [1.29, 1.82) is 0 Å². The van der Waals surface area contributed by atoms with E-state index in [1.54, 1.807) is 0 Å². The van der Waals surface area contributed by atoms with E-state index in [0.29, 0.717) is 11.5 Å². The van der Waals surface area contributed by atoms with Crippen LogP contribution in [0, 0.1) is 5.92 Å². The Morgan fingerprint density at radius 1 is 1.00 bits per heavy atom. The van der Waals surface area contributed by atoms with E-state index in [9.17, 15) is 9.59 Å². The molecule has 1 amide bonds. The molecule has 4 rings (SSSR count). The monoisotopic (exact) mass is 411 g/mol. The highest BCUT2D eigenvalue weighted by molar-refractivity contribution is 7.09. The summed E-state index contributed by atoms with van der Waals surface area (Å²) in [6, 6.07) is 12.0. The van der Waals surface area contributed by atoms with Crippen molar-refractivity contribution in [3.63, 3.8) is 0 Å². The van der Waals surface area contributed by atoms with Crippen molar-refractivity contribution in [2.24, 2.45) is 5.92 Å². The molecule has 0 spiro atoms. The summed E-state index contributed by atoms with van der Waals surface area (Å²) in [5, 5.41) is 2.14. The van der Waals surface area contributed by atoms with Crippen LogP contribution in [0.25, 0.3) is 0 Å². The third-order valence-corrected chi connectivity index (χ3v) is 7.11. The number of piperidine rings is 1. The van der Waals surface area contributed by atoms with Gasteiger partial charge in [0.1, 0.15) is 6.29 Å². The highest BCUT2D eigenvalue weighted by Crippen LogP contribution is 2.25. The van der Waals surface area contributed by atoms with Crippen LogP contribution in [0.2, 0.25) is 0 Å². The average molecular weight is 412 g/mol. The summed E-state index contributed by atoms with van der Waals surface area (Å²) in [4.78, 5) is 32.1. The van der Waals surface area contributed by atoms with Gasteiger partial charge >= 0.3 is 0 Å². The van der Waals surface area contributed by atoms with Crippen molar-refractivity contribution in [3.8, 4) is 0 Å². The van der Waals surface area contributed by atoms with Crippen LogP contribution in [0.5, 0.6) is 0 Å². The Labute approximate surface area is 176 Å². The lowest BCUT2D eigenvalue weighted by Crippen LogP contribution is -2.51. The SMILES string of the molecule is O=Cc1ccc(N2CCC(C(=O)N3CCN(CCc4cccs4)CC3)CC2)cc1. The molecule has 3 heterocycles. The van der Waals surface area contributed by atoms with Gasteiger partial charge in [0, 0.05) is 67.9 Å². The first-order chi connectivity index (χ1) is 14.2. The van der Waals surface area contributed by atoms with Crippen molar-refractivity contribution < 1.29 is 9.59 Å². The zero-order valence-electron chi connectivity index (χ0n) is 16.8. The Bertz CT molecular complexity index is 790. The van der Waals surface area contributed by atoms with Crippen LogP contribution >= 0.6 is 11.3 Å². The van der Waals surface area contributed by atoms with Crippen molar-refractivity contribution in [3.05, 3.63) is 52.2 Å². The zero-order chi connectivity index (χ0) is 20.1. The number of carbonyl (C=O) groups excluding carboxylic acids is 2. The van der Waals surface area contributed by atoms with E-state index in [-0.39, 0.29) is 5.92 Å². The molecule has 2 aliphatic heterocycles. The first-order valence-electron chi connectivity index (χ1n) is 10.6. The predicted octanol–water partition coefficient (Wildman–Crippen LogP) is 3.16. The molecule has 2 aliphatic rings. The molecule has 0 radical (unpaired) electrons. The van der Waals surface area contributed by atoms with Crippen molar-refractivity contribution in [2.45, 2.75) is 19.3 Å². The minimum Gasteiger partial charge on any atom is -0.371 e. The Hall–Kier alpha value is -2.18. The summed E-state index contributed by atoms with van der Waals surface area (Å²) in [6.45, 7) is 6.57. The summed E-state index contributed by atoms with van der Waals surface area (Å²) in [7, 11) is 0. The molecule has 1 aromatic carbocycles. The van der Waals surface area contributed by atoms with E-state index in [2.05, 4.69) is 32.2 Å². The molecular formula is C23H29N3O2S. The van der Waals surface area contributed by atoms with Gasteiger partial charge in [-0.05, 0) is 55.0 Å². The molecule has 6 heteroatoms. The first-order valence-corrected chi connectivity index (χ1v) is 11.4. The number of rotatable bonds is 6. The number of benzene rings is 1. The lowest BCUT2D eigenvalue weighted by molar-refractivity contribution is -0.138. The molecular weight excluding hydrogens is 382 g/mol. The number of thiophene rings is 1. The lowest BCUT2D eigenvalue weighted by Gasteiger charge is -2.39. The minimum absolute atomic E-state index is 0.151. The second-order valence-electron chi connectivity index (χ2n) is 7.97. The summed E-state index contributed by atoms with van der Waals surface area (Å²) in [6.07, 6.45) is 3.80. The molecule has 0 atom stereocenters. The topological polar surface area (TPSA) is 43.9 Å². The van der Waals surface area contributed by atoms with E-state index >= 15 is 0 Å². The normalized spacial score (nSPS) is 18.8. The quantitative estimate of drug-likeness (QED) is 0.685. The molecule has 0 saturated carbocycles. The van der Waals surface area contributed by atoms with Crippen molar-refractivity contribution in [1.82, 2.24) is 9.80 Å². The van der Waals surface area contributed by atoms with Gasteiger partial charge in [0.05, 0.1) is 0 Å². The highest BCUT2D eigenvalue weighted by Gasteiger charge is 2.30. The van der Waals surface area contributed by atoms with Gasteiger partial charge in [0.25, 0.3) is 0 Å². The van der Waals surface area contributed by atoms with Crippen LogP contribution in [0.15, 0.2) is 41.8 Å². The number of amides is 1. The van der Waals surface area contributed by atoms with E-state index in [1.807, 2.05) is 35.6 Å². The maximum absolute atomic E-state index is 13.0. The molecule has 29 heavy (non-hydrogen) atoms. The van der Waals surface area contributed by atoms with Crippen molar-refractivity contribution >= 4 is 29.2 Å². The molecule has 0 aliphatic carbocycles. The third-order valence-electron chi connectivity index (χ3n) is 6.18. The number of aldehydes is 1. The zero-order valence-corrected chi connectivity index (χ0v) is 17.7.